The molecule has 1 unspecified atom stereocenters. The van der Waals surface area contributed by atoms with Crippen LogP contribution in [0.2, 0.25) is 0 Å². The van der Waals surface area contributed by atoms with Gasteiger partial charge in [0.2, 0.25) is 0 Å². The average molecular weight is 401 g/mol. The number of benzene rings is 2. The van der Waals surface area contributed by atoms with Crippen molar-refractivity contribution < 1.29 is 24.0 Å². The number of para-hydroxylation sites is 2. The number of ether oxygens (including phenoxy) is 2. The standard InChI is InChI=1S/C20H23N3O6/c1-13(2)15-8-10-16(11-9-15)28-12-19(24)21-22-20(25)14(3)29-18-7-5-4-6-17(18)23(26)27/h4-11,13-14H,12H2,1-3H3,(H,21,24)(H,22,25). The van der Waals surface area contributed by atoms with E-state index in [4.69, 9.17) is 9.47 Å². The maximum Gasteiger partial charge on any atom is 0.310 e. The highest BCUT2D eigenvalue weighted by Gasteiger charge is 2.21. The smallest absolute Gasteiger partial charge is 0.310 e. The van der Waals surface area contributed by atoms with Gasteiger partial charge >= 0.3 is 5.69 Å². The number of carbonyl (C=O) groups excluding carboxylic acids is 2. The molecule has 0 aromatic heterocycles. The number of nitrogens with one attached hydrogen (secondary N) is 2. The van der Waals surface area contributed by atoms with Gasteiger partial charge in [-0.05, 0) is 36.6 Å². The molecule has 0 radical (unpaired) electrons. The van der Waals surface area contributed by atoms with Gasteiger partial charge < -0.3 is 9.47 Å². The molecule has 2 amide bonds. The van der Waals surface area contributed by atoms with Gasteiger partial charge in [-0.2, -0.15) is 0 Å². The van der Waals surface area contributed by atoms with Crippen molar-refractivity contribution >= 4 is 17.5 Å². The Labute approximate surface area is 168 Å². The first kappa shape index (κ1) is 21.7. The summed E-state index contributed by atoms with van der Waals surface area (Å²) >= 11 is 0. The van der Waals surface area contributed by atoms with E-state index < -0.39 is 22.8 Å². The molecule has 0 aliphatic rings. The van der Waals surface area contributed by atoms with Gasteiger partial charge in [-0.1, -0.05) is 38.1 Å². The second-order valence-electron chi connectivity index (χ2n) is 6.53. The van der Waals surface area contributed by atoms with Gasteiger partial charge in [0, 0.05) is 6.07 Å². The Hall–Kier alpha value is -3.62. The van der Waals surface area contributed by atoms with Crippen molar-refractivity contribution in [2.24, 2.45) is 0 Å². The van der Waals surface area contributed by atoms with Gasteiger partial charge in [0.05, 0.1) is 4.92 Å². The van der Waals surface area contributed by atoms with Gasteiger partial charge in [0.1, 0.15) is 5.75 Å². The van der Waals surface area contributed by atoms with Crippen LogP contribution in [0.3, 0.4) is 0 Å². The highest BCUT2D eigenvalue weighted by Crippen LogP contribution is 2.26. The van der Waals surface area contributed by atoms with E-state index in [1.807, 2.05) is 12.1 Å². The number of hydrogen-bond donors (Lipinski definition) is 2. The molecular formula is C20H23N3O6. The summed E-state index contributed by atoms with van der Waals surface area (Å²) in [5, 5.41) is 11.0. The maximum atomic E-state index is 12.0. The third-order valence-electron chi connectivity index (χ3n) is 3.98. The van der Waals surface area contributed by atoms with Crippen molar-refractivity contribution in [2.45, 2.75) is 32.8 Å². The first-order valence-corrected chi connectivity index (χ1v) is 8.99. The van der Waals surface area contributed by atoms with E-state index in [1.54, 1.807) is 18.2 Å². The fourth-order valence-corrected chi connectivity index (χ4v) is 2.32. The topological polar surface area (TPSA) is 120 Å². The molecule has 0 aliphatic heterocycles. The van der Waals surface area contributed by atoms with Gasteiger partial charge in [0.25, 0.3) is 11.8 Å². The number of hydrazine groups is 1. The van der Waals surface area contributed by atoms with Gasteiger partial charge in [0.15, 0.2) is 18.5 Å². The molecule has 2 aromatic rings. The van der Waals surface area contributed by atoms with E-state index in [9.17, 15) is 19.7 Å². The molecule has 0 fully saturated rings. The average Bonchev–Trinajstić information content (AvgIpc) is 2.70. The van der Waals surface area contributed by atoms with E-state index in [1.165, 1.54) is 25.1 Å². The second kappa shape index (κ2) is 10.1. The summed E-state index contributed by atoms with van der Waals surface area (Å²) in [5.74, 6) is -0.352. The third-order valence-corrected chi connectivity index (χ3v) is 3.98. The Morgan fingerprint density at radius 2 is 1.69 bits per heavy atom. The monoisotopic (exact) mass is 401 g/mol. The van der Waals surface area contributed by atoms with Gasteiger partial charge in [-0.15, -0.1) is 0 Å². The molecule has 2 rings (SSSR count). The quantitative estimate of drug-likeness (QED) is 0.518. The summed E-state index contributed by atoms with van der Waals surface area (Å²) in [6.45, 7) is 5.27. The van der Waals surface area contributed by atoms with Crippen LogP contribution >= 0.6 is 0 Å². The van der Waals surface area contributed by atoms with Crippen LogP contribution in [0.25, 0.3) is 0 Å². The zero-order valence-electron chi connectivity index (χ0n) is 16.4. The summed E-state index contributed by atoms with van der Waals surface area (Å²) in [6, 6.07) is 13.1. The van der Waals surface area contributed by atoms with E-state index in [2.05, 4.69) is 24.7 Å². The van der Waals surface area contributed by atoms with Crippen molar-refractivity contribution in [3.05, 3.63) is 64.2 Å². The van der Waals surface area contributed by atoms with Crippen molar-refractivity contribution in [1.29, 1.82) is 0 Å². The molecule has 9 nitrogen and oxygen atoms in total. The number of nitro benzene ring substituents is 1. The van der Waals surface area contributed by atoms with Crippen LogP contribution in [0, 0.1) is 10.1 Å². The van der Waals surface area contributed by atoms with Crippen LogP contribution in [-0.4, -0.2) is 29.4 Å². The molecule has 0 saturated heterocycles. The molecule has 0 saturated carbocycles. The summed E-state index contributed by atoms with van der Waals surface area (Å²) in [5.41, 5.74) is 5.31. The van der Waals surface area contributed by atoms with Crippen molar-refractivity contribution in [3.63, 3.8) is 0 Å². The van der Waals surface area contributed by atoms with E-state index >= 15 is 0 Å². The molecule has 2 N–H and O–H groups in total. The lowest BCUT2D eigenvalue weighted by Gasteiger charge is -2.15. The van der Waals surface area contributed by atoms with Crippen molar-refractivity contribution in [2.75, 3.05) is 6.61 Å². The molecule has 2 aromatic carbocycles. The minimum absolute atomic E-state index is 0.0420. The minimum atomic E-state index is -1.07. The molecule has 0 bridgehead atoms. The van der Waals surface area contributed by atoms with Crippen LogP contribution in [0.4, 0.5) is 5.69 Å². The zero-order valence-corrected chi connectivity index (χ0v) is 16.4. The lowest BCUT2D eigenvalue weighted by molar-refractivity contribution is -0.386. The molecule has 29 heavy (non-hydrogen) atoms. The third kappa shape index (κ3) is 6.49. The number of carbonyl (C=O) groups is 2. The Morgan fingerprint density at radius 3 is 2.31 bits per heavy atom. The van der Waals surface area contributed by atoms with Crippen LogP contribution in [0.5, 0.6) is 11.5 Å². The fraction of sp³-hybridized carbons (Fsp3) is 0.300. The molecule has 154 valence electrons. The first-order chi connectivity index (χ1) is 13.8. The zero-order chi connectivity index (χ0) is 21.4. The van der Waals surface area contributed by atoms with Crippen LogP contribution in [0.15, 0.2) is 48.5 Å². The van der Waals surface area contributed by atoms with Crippen molar-refractivity contribution in [1.82, 2.24) is 10.9 Å². The summed E-state index contributed by atoms with van der Waals surface area (Å²) in [4.78, 5) is 34.3. The van der Waals surface area contributed by atoms with E-state index in [-0.39, 0.29) is 18.0 Å². The van der Waals surface area contributed by atoms with E-state index in [0.717, 1.165) is 5.56 Å². The predicted molar refractivity (Wildman–Crippen MR) is 105 cm³/mol. The molecule has 0 spiro atoms. The highest BCUT2D eigenvalue weighted by atomic mass is 16.6. The van der Waals surface area contributed by atoms with Crippen LogP contribution < -0.4 is 20.3 Å². The summed E-state index contributed by atoms with van der Waals surface area (Å²) < 4.78 is 10.7. The molecule has 1 atom stereocenters. The van der Waals surface area contributed by atoms with Crippen molar-refractivity contribution in [3.8, 4) is 11.5 Å². The van der Waals surface area contributed by atoms with E-state index in [0.29, 0.717) is 11.7 Å². The maximum absolute atomic E-state index is 12.0. The lowest BCUT2D eigenvalue weighted by Crippen LogP contribution is -2.48. The number of rotatable bonds is 8. The van der Waals surface area contributed by atoms with Gasteiger partial charge in [-0.3, -0.25) is 30.6 Å². The normalized spacial score (nSPS) is 11.4. The number of hydrogen-bond acceptors (Lipinski definition) is 6. The molecule has 9 heteroatoms. The number of nitro groups is 1. The number of amides is 2. The summed E-state index contributed by atoms with van der Waals surface area (Å²) in [6.07, 6.45) is -1.07. The first-order valence-electron chi connectivity index (χ1n) is 8.99. The van der Waals surface area contributed by atoms with Gasteiger partial charge in [-0.25, -0.2) is 0 Å². The number of nitrogens with zero attached hydrogens (tertiary/aromatic N) is 1. The Bertz CT molecular complexity index is 867. The minimum Gasteiger partial charge on any atom is -0.484 e. The molecule has 0 heterocycles. The summed E-state index contributed by atoms with van der Waals surface area (Å²) in [7, 11) is 0. The molecule has 0 aliphatic carbocycles. The Balaban J connectivity index is 1.79. The predicted octanol–water partition coefficient (Wildman–Crippen LogP) is 2.71. The lowest BCUT2D eigenvalue weighted by atomic mass is 10.0. The van der Waals surface area contributed by atoms with Crippen LogP contribution in [0.1, 0.15) is 32.3 Å². The second-order valence-corrected chi connectivity index (χ2v) is 6.53. The van der Waals surface area contributed by atoms with Crippen LogP contribution in [-0.2, 0) is 9.59 Å². The Kier molecular flexibility index (Phi) is 7.53. The highest BCUT2D eigenvalue weighted by molar-refractivity contribution is 5.85. The molecular weight excluding hydrogens is 378 g/mol. The Morgan fingerprint density at radius 1 is 1.03 bits per heavy atom. The SMILES string of the molecule is CC(Oc1ccccc1[N+](=O)[O-])C(=O)NNC(=O)COc1ccc(C(C)C)cc1. The largest absolute Gasteiger partial charge is 0.484 e. The fourth-order valence-electron chi connectivity index (χ4n) is 2.32.